The number of benzene rings is 1. The number of carbonyl (C=O) groups is 1. The van der Waals surface area contributed by atoms with E-state index in [4.69, 9.17) is 5.26 Å². The molecule has 2 aromatic rings. The predicted octanol–water partition coefficient (Wildman–Crippen LogP) is 2.99. The van der Waals surface area contributed by atoms with Gasteiger partial charge in [0.1, 0.15) is 5.82 Å². The summed E-state index contributed by atoms with van der Waals surface area (Å²) in [5, 5.41) is 8.73. The van der Waals surface area contributed by atoms with Crippen LogP contribution < -0.4 is 4.90 Å². The van der Waals surface area contributed by atoms with Crippen molar-refractivity contribution < 1.29 is 4.79 Å². The van der Waals surface area contributed by atoms with Gasteiger partial charge in [0, 0.05) is 18.8 Å². The van der Waals surface area contributed by atoms with Crippen LogP contribution in [0.1, 0.15) is 15.9 Å². The molecular weight excluding hydrogens is 306 g/mol. The number of rotatable bonds is 2. The molecule has 0 fully saturated rings. The van der Waals surface area contributed by atoms with Crippen molar-refractivity contribution >= 4 is 27.7 Å². The van der Waals surface area contributed by atoms with E-state index in [1.54, 1.807) is 43.6 Å². The lowest BCUT2D eigenvalue weighted by Crippen LogP contribution is -2.27. The Bertz CT molecular complexity index is 646. The van der Waals surface area contributed by atoms with Gasteiger partial charge in [-0.15, -0.1) is 0 Å². The number of hydrogen-bond acceptors (Lipinski definition) is 3. The largest absolute Gasteiger partial charge is 0.295 e. The van der Waals surface area contributed by atoms with Crippen LogP contribution in [0, 0.1) is 11.3 Å². The zero-order chi connectivity index (χ0) is 13.8. The normalized spacial score (nSPS) is 9.74. The van der Waals surface area contributed by atoms with E-state index in [2.05, 4.69) is 20.9 Å². The second-order valence-electron chi connectivity index (χ2n) is 3.86. The molecule has 1 aromatic heterocycles. The van der Waals surface area contributed by atoms with Crippen LogP contribution in [0.5, 0.6) is 0 Å². The van der Waals surface area contributed by atoms with Gasteiger partial charge in [-0.25, -0.2) is 4.98 Å². The lowest BCUT2D eigenvalue weighted by Gasteiger charge is -2.17. The van der Waals surface area contributed by atoms with Crippen molar-refractivity contribution in [2.75, 3.05) is 11.9 Å². The maximum atomic E-state index is 12.3. The van der Waals surface area contributed by atoms with Gasteiger partial charge in [-0.2, -0.15) is 5.26 Å². The molecule has 0 aliphatic heterocycles. The fourth-order valence-electron chi connectivity index (χ4n) is 1.60. The lowest BCUT2D eigenvalue weighted by atomic mass is 10.1. The molecule has 1 amide bonds. The number of amides is 1. The first kappa shape index (κ1) is 13.2. The van der Waals surface area contributed by atoms with Gasteiger partial charge in [0.2, 0.25) is 0 Å². The SMILES string of the molecule is CN(C(=O)c1ccc(C#N)cc1)c1ncccc1Br. The summed E-state index contributed by atoms with van der Waals surface area (Å²) in [4.78, 5) is 17.9. The Morgan fingerprint density at radius 3 is 2.58 bits per heavy atom. The van der Waals surface area contributed by atoms with Crippen LogP contribution in [-0.4, -0.2) is 17.9 Å². The molecule has 0 unspecified atom stereocenters. The van der Waals surface area contributed by atoms with E-state index in [0.29, 0.717) is 16.9 Å². The van der Waals surface area contributed by atoms with Gasteiger partial charge in [-0.1, -0.05) is 0 Å². The Morgan fingerprint density at radius 1 is 1.32 bits per heavy atom. The van der Waals surface area contributed by atoms with E-state index < -0.39 is 0 Å². The summed E-state index contributed by atoms with van der Waals surface area (Å²) >= 11 is 3.36. The average Bonchev–Trinajstić information content (AvgIpc) is 2.46. The standard InChI is InChI=1S/C14H10BrN3O/c1-18(13-12(15)3-2-8-17-13)14(19)11-6-4-10(9-16)5-7-11/h2-8H,1H3. The van der Waals surface area contributed by atoms with Crippen molar-refractivity contribution in [1.29, 1.82) is 5.26 Å². The Morgan fingerprint density at radius 2 is 2.00 bits per heavy atom. The van der Waals surface area contributed by atoms with Crippen LogP contribution in [0.3, 0.4) is 0 Å². The first-order valence-electron chi connectivity index (χ1n) is 5.52. The van der Waals surface area contributed by atoms with Gasteiger partial charge < -0.3 is 0 Å². The summed E-state index contributed by atoms with van der Waals surface area (Å²) in [5.41, 5.74) is 1.04. The summed E-state index contributed by atoms with van der Waals surface area (Å²) < 4.78 is 0.750. The maximum Gasteiger partial charge on any atom is 0.259 e. The highest BCUT2D eigenvalue weighted by atomic mass is 79.9. The minimum absolute atomic E-state index is 0.177. The third-order valence-electron chi connectivity index (χ3n) is 2.62. The van der Waals surface area contributed by atoms with E-state index in [1.165, 1.54) is 4.90 Å². The van der Waals surface area contributed by atoms with E-state index >= 15 is 0 Å². The number of nitriles is 1. The van der Waals surface area contributed by atoms with Crippen LogP contribution in [0.25, 0.3) is 0 Å². The molecule has 0 spiro atoms. The minimum atomic E-state index is -0.177. The third kappa shape index (κ3) is 2.80. The van der Waals surface area contributed by atoms with E-state index in [0.717, 1.165) is 4.47 Å². The number of hydrogen-bond donors (Lipinski definition) is 0. The van der Waals surface area contributed by atoms with Crippen LogP contribution in [0.4, 0.5) is 5.82 Å². The molecule has 0 aliphatic rings. The zero-order valence-corrected chi connectivity index (χ0v) is 11.8. The van der Waals surface area contributed by atoms with Crippen molar-refractivity contribution in [3.63, 3.8) is 0 Å². The first-order chi connectivity index (χ1) is 9.13. The predicted molar refractivity (Wildman–Crippen MR) is 75.8 cm³/mol. The average molecular weight is 316 g/mol. The van der Waals surface area contributed by atoms with Gasteiger partial charge in [0.05, 0.1) is 16.1 Å². The Labute approximate surface area is 119 Å². The number of anilines is 1. The minimum Gasteiger partial charge on any atom is -0.295 e. The molecule has 1 heterocycles. The number of nitrogens with zero attached hydrogens (tertiary/aromatic N) is 3. The van der Waals surface area contributed by atoms with E-state index in [9.17, 15) is 4.79 Å². The molecular formula is C14H10BrN3O. The van der Waals surface area contributed by atoms with Crippen LogP contribution in [-0.2, 0) is 0 Å². The van der Waals surface area contributed by atoms with Gasteiger partial charge in [0.25, 0.3) is 5.91 Å². The maximum absolute atomic E-state index is 12.3. The quantitative estimate of drug-likeness (QED) is 0.856. The molecule has 0 radical (unpaired) electrons. The fraction of sp³-hybridized carbons (Fsp3) is 0.0714. The molecule has 0 atom stereocenters. The van der Waals surface area contributed by atoms with Crippen molar-refractivity contribution in [3.8, 4) is 6.07 Å². The molecule has 2 rings (SSSR count). The molecule has 0 bridgehead atoms. The molecule has 0 aliphatic carbocycles. The number of carbonyl (C=O) groups excluding carboxylic acids is 1. The molecule has 94 valence electrons. The third-order valence-corrected chi connectivity index (χ3v) is 3.24. The van der Waals surface area contributed by atoms with Crippen LogP contribution >= 0.6 is 15.9 Å². The van der Waals surface area contributed by atoms with Gasteiger partial charge in [-0.3, -0.25) is 9.69 Å². The second kappa shape index (κ2) is 5.63. The van der Waals surface area contributed by atoms with Crippen molar-refractivity contribution in [2.45, 2.75) is 0 Å². The first-order valence-corrected chi connectivity index (χ1v) is 6.31. The zero-order valence-electron chi connectivity index (χ0n) is 10.2. The Balaban J connectivity index is 2.29. The highest BCUT2D eigenvalue weighted by molar-refractivity contribution is 9.10. The van der Waals surface area contributed by atoms with Gasteiger partial charge >= 0.3 is 0 Å². The fourth-order valence-corrected chi connectivity index (χ4v) is 2.12. The van der Waals surface area contributed by atoms with Crippen molar-refractivity contribution in [3.05, 3.63) is 58.2 Å². The summed E-state index contributed by atoms with van der Waals surface area (Å²) in [6, 6.07) is 12.1. The summed E-state index contributed by atoms with van der Waals surface area (Å²) in [5.74, 6) is 0.376. The number of aromatic nitrogens is 1. The molecule has 0 N–H and O–H groups in total. The van der Waals surface area contributed by atoms with E-state index in [1.807, 2.05) is 12.1 Å². The lowest BCUT2D eigenvalue weighted by molar-refractivity contribution is 0.0992. The topological polar surface area (TPSA) is 57.0 Å². The van der Waals surface area contributed by atoms with Crippen molar-refractivity contribution in [2.24, 2.45) is 0 Å². The second-order valence-corrected chi connectivity index (χ2v) is 4.72. The van der Waals surface area contributed by atoms with E-state index in [-0.39, 0.29) is 5.91 Å². The number of halogens is 1. The molecule has 5 heteroatoms. The Hall–Kier alpha value is -2.19. The monoisotopic (exact) mass is 315 g/mol. The molecule has 0 saturated carbocycles. The highest BCUT2D eigenvalue weighted by Crippen LogP contribution is 2.23. The molecule has 1 aromatic carbocycles. The molecule has 4 nitrogen and oxygen atoms in total. The molecule has 0 saturated heterocycles. The van der Waals surface area contributed by atoms with Gasteiger partial charge in [-0.05, 0) is 52.3 Å². The molecule has 19 heavy (non-hydrogen) atoms. The number of pyridine rings is 1. The van der Waals surface area contributed by atoms with Crippen LogP contribution in [0.15, 0.2) is 47.1 Å². The smallest absolute Gasteiger partial charge is 0.259 e. The Kier molecular flexibility index (Phi) is 3.93. The highest BCUT2D eigenvalue weighted by Gasteiger charge is 2.16. The summed E-state index contributed by atoms with van der Waals surface area (Å²) in [6.07, 6.45) is 1.63. The summed E-state index contributed by atoms with van der Waals surface area (Å²) in [7, 11) is 1.66. The van der Waals surface area contributed by atoms with Crippen LogP contribution in [0.2, 0.25) is 0 Å². The van der Waals surface area contributed by atoms with Gasteiger partial charge in [0.15, 0.2) is 0 Å². The van der Waals surface area contributed by atoms with Crippen molar-refractivity contribution in [1.82, 2.24) is 4.98 Å². The summed E-state index contributed by atoms with van der Waals surface area (Å²) in [6.45, 7) is 0.